The highest BCUT2D eigenvalue weighted by atomic mass is 16.1. The summed E-state index contributed by atoms with van der Waals surface area (Å²) in [7, 11) is 0. The van der Waals surface area contributed by atoms with Crippen LogP contribution in [0.5, 0.6) is 0 Å². The van der Waals surface area contributed by atoms with E-state index in [-0.39, 0.29) is 0 Å². The number of hydrogen-bond acceptors (Lipinski definition) is 1. The number of ketones is 1. The summed E-state index contributed by atoms with van der Waals surface area (Å²) in [6, 6.07) is 0. The van der Waals surface area contributed by atoms with E-state index >= 15 is 0 Å². The van der Waals surface area contributed by atoms with Gasteiger partial charge in [-0.1, -0.05) is 58.1 Å². The largest absolute Gasteiger partial charge is 0.289 e. The molecule has 0 N–H and O–H groups in total. The summed E-state index contributed by atoms with van der Waals surface area (Å²) in [5, 5.41) is 0. The number of rotatable bonds is 8. The van der Waals surface area contributed by atoms with Gasteiger partial charge >= 0.3 is 0 Å². The Morgan fingerprint density at radius 1 is 0.833 bits per heavy atom. The van der Waals surface area contributed by atoms with Crippen molar-refractivity contribution in [1.82, 2.24) is 0 Å². The lowest BCUT2D eigenvalue weighted by Crippen LogP contribution is -1.95. The molecule has 0 aromatic heterocycles. The number of Topliss-reactive ketones (excluding diaryl/α,β-unsaturated/α-hetero) is 1. The average Bonchev–Trinajstić information content (AvgIpc) is 2.71. The Morgan fingerprint density at radius 3 is 1.94 bits per heavy atom. The second kappa shape index (κ2) is 9.13. The van der Waals surface area contributed by atoms with E-state index in [1.807, 2.05) is 0 Å². The van der Waals surface area contributed by atoms with Gasteiger partial charge in [0.15, 0.2) is 5.78 Å². The minimum absolute atomic E-state index is 0.335. The Morgan fingerprint density at radius 2 is 1.39 bits per heavy atom. The first kappa shape index (κ1) is 15.2. The Kier molecular flexibility index (Phi) is 7.71. The molecule has 1 nitrogen and oxygen atoms in total. The van der Waals surface area contributed by atoms with Crippen molar-refractivity contribution in [3.8, 4) is 0 Å². The van der Waals surface area contributed by atoms with Crippen LogP contribution >= 0.6 is 0 Å². The topological polar surface area (TPSA) is 17.1 Å². The first-order chi connectivity index (χ1) is 8.79. The molecular weight excluding hydrogens is 220 g/mol. The molecule has 0 heterocycles. The van der Waals surface area contributed by atoms with Crippen LogP contribution in [0.4, 0.5) is 0 Å². The maximum absolute atomic E-state index is 12.1. The number of unbranched alkanes of at least 4 members (excludes halogenated alkanes) is 6. The molecule has 0 aliphatic heterocycles. The first-order valence-electron chi connectivity index (χ1n) is 7.72. The number of hydrogen-bond donors (Lipinski definition) is 0. The molecule has 1 heteroatoms. The quantitative estimate of drug-likeness (QED) is 0.417. The molecule has 102 valence electrons. The van der Waals surface area contributed by atoms with Gasteiger partial charge in [0.05, 0.1) is 0 Å². The molecule has 0 spiro atoms. The van der Waals surface area contributed by atoms with Crippen LogP contribution in [0, 0.1) is 0 Å². The maximum atomic E-state index is 12.1. The zero-order chi connectivity index (χ0) is 13.2. The standard InChI is InChI=1S/C17H28O/c1-3-5-7-8-10-12-16-14-13-15(17(16)18)11-9-6-4-2/h11-12H,3-10,13-14H2,1-2H3/b15-11+,16-12-. The van der Waals surface area contributed by atoms with E-state index in [1.165, 1.54) is 38.5 Å². The Balaban J connectivity index is 2.34. The fraction of sp³-hybridized carbons (Fsp3) is 0.706. The van der Waals surface area contributed by atoms with Crippen LogP contribution in [0.3, 0.4) is 0 Å². The molecule has 0 bridgehead atoms. The SMILES string of the molecule is CCCC/C=C1\CC/C(=C/CCCCCC)C1=O. The number of carbonyl (C=O) groups excluding carboxylic acids is 1. The van der Waals surface area contributed by atoms with Crippen LogP contribution in [0.1, 0.15) is 78.1 Å². The van der Waals surface area contributed by atoms with Crippen LogP contribution in [-0.4, -0.2) is 5.78 Å². The molecule has 1 saturated carbocycles. The smallest absolute Gasteiger partial charge is 0.184 e. The van der Waals surface area contributed by atoms with Gasteiger partial charge in [0.2, 0.25) is 0 Å². The second-order valence-corrected chi connectivity index (χ2v) is 5.28. The summed E-state index contributed by atoms with van der Waals surface area (Å²) in [5.41, 5.74) is 2.15. The lowest BCUT2D eigenvalue weighted by Gasteiger charge is -1.97. The summed E-state index contributed by atoms with van der Waals surface area (Å²) in [6.45, 7) is 4.42. The fourth-order valence-electron chi connectivity index (χ4n) is 2.42. The van der Waals surface area contributed by atoms with Crippen molar-refractivity contribution < 1.29 is 4.79 Å². The van der Waals surface area contributed by atoms with Crippen molar-refractivity contribution in [2.45, 2.75) is 78.1 Å². The summed E-state index contributed by atoms with van der Waals surface area (Å²) in [6.07, 6.45) is 16.0. The van der Waals surface area contributed by atoms with Gasteiger partial charge in [-0.2, -0.15) is 0 Å². The molecular formula is C17H28O. The molecule has 1 aliphatic carbocycles. The Labute approximate surface area is 112 Å². The van der Waals surface area contributed by atoms with Gasteiger partial charge in [-0.3, -0.25) is 4.79 Å². The predicted molar refractivity (Wildman–Crippen MR) is 78.7 cm³/mol. The highest BCUT2D eigenvalue weighted by Crippen LogP contribution is 2.27. The van der Waals surface area contributed by atoms with Crippen molar-refractivity contribution >= 4 is 5.78 Å². The molecule has 18 heavy (non-hydrogen) atoms. The molecule has 0 unspecified atom stereocenters. The third kappa shape index (κ3) is 5.20. The van der Waals surface area contributed by atoms with Gasteiger partial charge in [-0.15, -0.1) is 0 Å². The molecule has 0 saturated heterocycles. The van der Waals surface area contributed by atoms with Crippen LogP contribution in [0.25, 0.3) is 0 Å². The Hall–Kier alpha value is -0.850. The predicted octanol–water partition coefficient (Wildman–Crippen LogP) is 5.36. The van der Waals surface area contributed by atoms with Crippen LogP contribution in [-0.2, 0) is 4.79 Å². The van der Waals surface area contributed by atoms with Crippen molar-refractivity contribution in [1.29, 1.82) is 0 Å². The molecule has 0 aromatic carbocycles. The Bertz CT molecular complexity index is 310. The highest BCUT2D eigenvalue weighted by molar-refractivity contribution is 6.10. The van der Waals surface area contributed by atoms with Gasteiger partial charge < -0.3 is 0 Å². The molecule has 1 fully saturated rings. The average molecular weight is 248 g/mol. The van der Waals surface area contributed by atoms with Crippen molar-refractivity contribution in [3.05, 3.63) is 23.3 Å². The monoisotopic (exact) mass is 248 g/mol. The van der Waals surface area contributed by atoms with E-state index in [4.69, 9.17) is 0 Å². The number of allylic oxidation sites excluding steroid dienone is 4. The van der Waals surface area contributed by atoms with Crippen LogP contribution in [0.15, 0.2) is 23.3 Å². The van der Waals surface area contributed by atoms with Crippen LogP contribution in [0.2, 0.25) is 0 Å². The summed E-state index contributed by atoms with van der Waals surface area (Å²) in [4.78, 5) is 12.1. The van der Waals surface area contributed by atoms with Crippen LogP contribution < -0.4 is 0 Å². The van der Waals surface area contributed by atoms with Gasteiger partial charge in [-0.25, -0.2) is 0 Å². The second-order valence-electron chi connectivity index (χ2n) is 5.28. The molecule has 1 aliphatic rings. The molecule has 0 aromatic rings. The van der Waals surface area contributed by atoms with E-state index in [1.54, 1.807) is 0 Å². The molecule has 0 atom stereocenters. The van der Waals surface area contributed by atoms with E-state index in [9.17, 15) is 4.79 Å². The minimum Gasteiger partial charge on any atom is -0.289 e. The van der Waals surface area contributed by atoms with Gasteiger partial charge in [0.1, 0.15) is 0 Å². The number of carbonyl (C=O) groups is 1. The van der Waals surface area contributed by atoms with Crippen molar-refractivity contribution in [2.24, 2.45) is 0 Å². The zero-order valence-electron chi connectivity index (χ0n) is 12.1. The van der Waals surface area contributed by atoms with E-state index < -0.39 is 0 Å². The molecule has 0 radical (unpaired) electrons. The molecule has 0 amide bonds. The van der Waals surface area contributed by atoms with E-state index in [0.717, 1.165) is 36.8 Å². The fourth-order valence-corrected chi connectivity index (χ4v) is 2.42. The first-order valence-corrected chi connectivity index (χ1v) is 7.72. The molecule has 1 rings (SSSR count). The van der Waals surface area contributed by atoms with Gasteiger partial charge in [0, 0.05) is 0 Å². The van der Waals surface area contributed by atoms with Gasteiger partial charge in [-0.05, 0) is 43.3 Å². The summed E-state index contributed by atoms with van der Waals surface area (Å²) < 4.78 is 0. The normalized spacial score (nSPS) is 20.2. The summed E-state index contributed by atoms with van der Waals surface area (Å²) in [5.74, 6) is 0.335. The lowest BCUT2D eigenvalue weighted by molar-refractivity contribution is -0.111. The third-order valence-corrected chi connectivity index (χ3v) is 3.64. The lowest BCUT2D eigenvalue weighted by atomic mass is 10.1. The van der Waals surface area contributed by atoms with E-state index in [0.29, 0.717) is 5.78 Å². The van der Waals surface area contributed by atoms with E-state index in [2.05, 4.69) is 26.0 Å². The van der Waals surface area contributed by atoms with Crippen molar-refractivity contribution in [3.63, 3.8) is 0 Å². The zero-order valence-corrected chi connectivity index (χ0v) is 12.1. The third-order valence-electron chi connectivity index (χ3n) is 3.64. The maximum Gasteiger partial charge on any atom is 0.184 e. The highest BCUT2D eigenvalue weighted by Gasteiger charge is 2.21. The summed E-state index contributed by atoms with van der Waals surface area (Å²) >= 11 is 0. The van der Waals surface area contributed by atoms with Gasteiger partial charge in [0.25, 0.3) is 0 Å². The van der Waals surface area contributed by atoms with Crippen molar-refractivity contribution in [2.75, 3.05) is 0 Å². The minimum atomic E-state index is 0.335.